The normalized spacial score (nSPS) is 13.6. The number of nitrogens with zero attached hydrogens (tertiary/aromatic N) is 2. The molecule has 1 atom stereocenters. The van der Waals surface area contributed by atoms with Crippen molar-refractivity contribution in [1.29, 1.82) is 5.26 Å². The van der Waals surface area contributed by atoms with Crippen LogP contribution in [0.25, 0.3) is 0 Å². The van der Waals surface area contributed by atoms with Gasteiger partial charge in [-0.2, -0.15) is 5.26 Å². The summed E-state index contributed by atoms with van der Waals surface area (Å²) in [7, 11) is -1.06. The Hall–Kier alpha value is -0.200. The Morgan fingerprint density at radius 1 is 1.06 bits per heavy atom. The summed E-state index contributed by atoms with van der Waals surface area (Å²) in [4.78, 5) is 0. The molecule has 0 aromatic rings. The van der Waals surface area contributed by atoms with Crippen LogP contribution >= 0.6 is 8.53 Å². The third-order valence-electron chi connectivity index (χ3n) is 2.18. The van der Waals surface area contributed by atoms with E-state index >= 15 is 0 Å². The van der Waals surface area contributed by atoms with E-state index in [1.807, 2.05) is 0 Å². The summed E-state index contributed by atoms with van der Waals surface area (Å²) >= 11 is 0. The topological polar surface area (TPSA) is 45.5 Å². The maximum absolute atomic E-state index is 8.58. The van der Waals surface area contributed by atoms with Gasteiger partial charge in [0.1, 0.15) is 0 Å². The Labute approximate surface area is 113 Å². The second kappa shape index (κ2) is 9.69. The first-order chi connectivity index (χ1) is 8.40. The predicted molar refractivity (Wildman–Crippen MR) is 76.0 cm³/mol. The first kappa shape index (κ1) is 17.8. The molecule has 0 aromatic heterocycles. The van der Waals surface area contributed by atoms with E-state index in [2.05, 4.69) is 52.3 Å². The van der Waals surface area contributed by atoms with Crippen LogP contribution in [0.2, 0.25) is 0 Å². The lowest BCUT2D eigenvalue weighted by atomic mass is 10.2. The summed E-state index contributed by atoms with van der Waals surface area (Å²) in [5.74, 6) is 0.482. The molecule has 5 heteroatoms. The lowest BCUT2D eigenvalue weighted by Gasteiger charge is -2.35. The molecule has 0 aliphatic heterocycles. The van der Waals surface area contributed by atoms with Crippen molar-refractivity contribution in [2.24, 2.45) is 5.92 Å². The fourth-order valence-corrected chi connectivity index (χ4v) is 3.29. The van der Waals surface area contributed by atoms with Gasteiger partial charge in [0.05, 0.1) is 25.7 Å². The third kappa shape index (κ3) is 7.28. The Kier molecular flexibility index (Phi) is 9.59. The van der Waals surface area contributed by atoms with Crippen molar-refractivity contribution in [3.63, 3.8) is 0 Å². The van der Waals surface area contributed by atoms with Crippen LogP contribution < -0.4 is 0 Å². The molecule has 18 heavy (non-hydrogen) atoms. The molecule has 0 spiro atoms. The van der Waals surface area contributed by atoms with Crippen LogP contribution in [-0.4, -0.2) is 30.0 Å². The molecule has 0 fully saturated rings. The molecule has 0 saturated carbocycles. The molecular formula is C13H27N2O2P. The minimum atomic E-state index is -1.06. The van der Waals surface area contributed by atoms with Crippen LogP contribution in [-0.2, 0) is 9.05 Å². The van der Waals surface area contributed by atoms with Gasteiger partial charge in [0.25, 0.3) is 8.53 Å². The van der Waals surface area contributed by atoms with E-state index in [-0.39, 0.29) is 0 Å². The molecule has 0 amide bonds. The highest BCUT2D eigenvalue weighted by molar-refractivity contribution is 7.44. The Morgan fingerprint density at radius 2 is 1.61 bits per heavy atom. The van der Waals surface area contributed by atoms with Gasteiger partial charge in [-0.3, -0.25) is 0 Å². The number of hydrogen-bond acceptors (Lipinski definition) is 4. The van der Waals surface area contributed by atoms with Crippen molar-refractivity contribution < 1.29 is 9.05 Å². The lowest BCUT2D eigenvalue weighted by Crippen LogP contribution is -2.34. The Balaban J connectivity index is 4.54. The maximum Gasteiger partial charge on any atom is 0.259 e. The molecule has 106 valence electrons. The second-order valence-corrected chi connectivity index (χ2v) is 6.69. The minimum Gasteiger partial charge on any atom is -0.322 e. The Bertz CT molecular complexity index is 244. The van der Waals surface area contributed by atoms with Crippen molar-refractivity contribution in [1.82, 2.24) is 4.67 Å². The smallest absolute Gasteiger partial charge is 0.259 e. The van der Waals surface area contributed by atoms with E-state index in [0.29, 0.717) is 37.6 Å². The standard InChI is InChI=1S/C13H27N2O2P/c1-11(2)10-17-18(16-9-7-8-14)15(12(3)4)13(5)6/h11-13H,7,9-10H2,1-6H3. The average Bonchev–Trinajstić information content (AvgIpc) is 2.24. The second-order valence-electron chi connectivity index (χ2n) is 5.24. The SMILES string of the molecule is CC(C)COP(OCCC#N)N(C(C)C)C(C)C. The van der Waals surface area contributed by atoms with Gasteiger partial charge in [0, 0.05) is 12.1 Å². The highest BCUT2D eigenvalue weighted by Crippen LogP contribution is 2.46. The minimum absolute atomic E-state index is 0.366. The first-order valence-corrected chi connectivity index (χ1v) is 7.74. The zero-order valence-electron chi connectivity index (χ0n) is 12.5. The highest BCUT2D eigenvalue weighted by atomic mass is 31.2. The monoisotopic (exact) mass is 274 g/mol. The number of nitriles is 1. The van der Waals surface area contributed by atoms with Gasteiger partial charge in [0.2, 0.25) is 0 Å². The van der Waals surface area contributed by atoms with Crippen LogP contribution in [0, 0.1) is 17.2 Å². The quantitative estimate of drug-likeness (QED) is 0.472. The van der Waals surface area contributed by atoms with Gasteiger partial charge in [-0.15, -0.1) is 0 Å². The summed E-state index contributed by atoms with van der Waals surface area (Å²) in [6, 6.07) is 2.83. The van der Waals surface area contributed by atoms with Gasteiger partial charge in [0.15, 0.2) is 0 Å². The Morgan fingerprint density at radius 3 is 2.00 bits per heavy atom. The number of rotatable bonds is 9. The van der Waals surface area contributed by atoms with E-state index in [4.69, 9.17) is 14.3 Å². The largest absolute Gasteiger partial charge is 0.322 e. The molecule has 0 aromatic carbocycles. The molecule has 0 heterocycles. The van der Waals surface area contributed by atoms with E-state index in [1.54, 1.807) is 0 Å². The van der Waals surface area contributed by atoms with Crippen LogP contribution in [0.3, 0.4) is 0 Å². The molecule has 0 aliphatic carbocycles. The molecule has 0 saturated heterocycles. The lowest BCUT2D eigenvalue weighted by molar-refractivity contribution is 0.164. The van der Waals surface area contributed by atoms with Gasteiger partial charge >= 0.3 is 0 Å². The van der Waals surface area contributed by atoms with Crippen LogP contribution in [0.1, 0.15) is 48.0 Å². The molecule has 0 aliphatic rings. The zero-order valence-corrected chi connectivity index (χ0v) is 13.4. The summed E-state index contributed by atoms with van der Waals surface area (Å²) < 4.78 is 13.9. The van der Waals surface area contributed by atoms with Crippen LogP contribution in [0.4, 0.5) is 0 Å². The molecule has 1 unspecified atom stereocenters. The van der Waals surface area contributed by atoms with Gasteiger partial charge in [-0.25, -0.2) is 4.67 Å². The summed E-state index contributed by atoms with van der Waals surface area (Å²) in [6.07, 6.45) is 0.411. The maximum atomic E-state index is 8.58. The molecule has 0 radical (unpaired) electrons. The molecule has 0 rings (SSSR count). The average molecular weight is 274 g/mol. The fraction of sp³-hybridized carbons (Fsp3) is 0.923. The van der Waals surface area contributed by atoms with E-state index in [0.717, 1.165) is 0 Å². The van der Waals surface area contributed by atoms with Crippen LogP contribution in [0.15, 0.2) is 0 Å². The molecular weight excluding hydrogens is 247 g/mol. The molecule has 0 N–H and O–H groups in total. The third-order valence-corrected chi connectivity index (χ3v) is 4.25. The van der Waals surface area contributed by atoms with Crippen molar-refractivity contribution >= 4 is 8.53 Å². The van der Waals surface area contributed by atoms with E-state index in [1.165, 1.54) is 0 Å². The highest BCUT2D eigenvalue weighted by Gasteiger charge is 2.27. The fourth-order valence-electron chi connectivity index (χ4n) is 1.53. The van der Waals surface area contributed by atoms with E-state index in [9.17, 15) is 0 Å². The van der Waals surface area contributed by atoms with Gasteiger partial charge < -0.3 is 9.05 Å². The molecule has 4 nitrogen and oxygen atoms in total. The summed E-state index contributed by atoms with van der Waals surface area (Å²) in [5.41, 5.74) is 0. The van der Waals surface area contributed by atoms with Crippen molar-refractivity contribution in [2.75, 3.05) is 13.2 Å². The van der Waals surface area contributed by atoms with E-state index < -0.39 is 8.53 Å². The summed E-state index contributed by atoms with van der Waals surface area (Å²) in [5, 5.41) is 8.58. The van der Waals surface area contributed by atoms with Crippen molar-refractivity contribution in [3.8, 4) is 6.07 Å². The predicted octanol–water partition coefficient (Wildman–Crippen LogP) is 3.93. The van der Waals surface area contributed by atoms with Gasteiger partial charge in [-0.1, -0.05) is 13.8 Å². The van der Waals surface area contributed by atoms with Crippen LogP contribution in [0.5, 0.6) is 0 Å². The summed E-state index contributed by atoms with van der Waals surface area (Å²) in [6.45, 7) is 13.9. The van der Waals surface area contributed by atoms with Crippen molar-refractivity contribution in [3.05, 3.63) is 0 Å². The first-order valence-electron chi connectivity index (χ1n) is 6.61. The zero-order chi connectivity index (χ0) is 14.1. The number of hydrogen-bond donors (Lipinski definition) is 0. The molecule has 0 bridgehead atoms. The van der Waals surface area contributed by atoms with Gasteiger partial charge in [-0.05, 0) is 33.6 Å². The van der Waals surface area contributed by atoms with Crippen molar-refractivity contribution in [2.45, 2.75) is 60.0 Å².